The molecule has 0 saturated carbocycles. The summed E-state index contributed by atoms with van der Waals surface area (Å²) in [5, 5.41) is 8.27. The fourth-order valence-corrected chi connectivity index (χ4v) is 3.02. The van der Waals surface area contributed by atoms with Gasteiger partial charge in [0.1, 0.15) is 12.4 Å². The molecular weight excluding hydrogens is 308 g/mol. The van der Waals surface area contributed by atoms with Crippen LogP contribution in [0.15, 0.2) is 53.4 Å². The van der Waals surface area contributed by atoms with Crippen LogP contribution in [0.2, 0.25) is 0 Å². The van der Waals surface area contributed by atoms with Gasteiger partial charge < -0.3 is 15.4 Å². The predicted molar refractivity (Wildman–Crippen MR) is 93.0 cm³/mol. The highest BCUT2D eigenvalue weighted by atomic mass is 32.1. The Morgan fingerprint density at radius 1 is 1.30 bits per heavy atom. The van der Waals surface area contributed by atoms with E-state index in [1.54, 1.807) is 17.4 Å². The summed E-state index contributed by atoms with van der Waals surface area (Å²) >= 11 is 1.66. The van der Waals surface area contributed by atoms with E-state index < -0.39 is 0 Å². The van der Waals surface area contributed by atoms with E-state index in [-0.39, 0.29) is 5.91 Å². The summed E-state index contributed by atoms with van der Waals surface area (Å²) in [6, 6.07) is 11.4. The molecule has 0 saturated heterocycles. The maximum atomic E-state index is 12.3. The van der Waals surface area contributed by atoms with Gasteiger partial charge in [0.05, 0.1) is 0 Å². The van der Waals surface area contributed by atoms with Gasteiger partial charge in [-0.3, -0.25) is 4.79 Å². The molecule has 2 N–H and O–H groups in total. The number of thiophene rings is 1. The SMILES string of the molecule is O=C(NCC1=CCNCC1)c1cccc(OCc2cccs2)c1. The quantitative estimate of drug-likeness (QED) is 0.802. The van der Waals surface area contributed by atoms with Crippen LogP contribution in [0.5, 0.6) is 5.75 Å². The lowest BCUT2D eigenvalue weighted by atomic mass is 10.1. The van der Waals surface area contributed by atoms with Gasteiger partial charge in [-0.25, -0.2) is 0 Å². The number of amides is 1. The van der Waals surface area contributed by atoms with Gasteiger partial charge in [-0.2, -0.15) is 0 Å². The van der Waals surface area contributed by atoms with Gasteiger partial charge in [-0.05, 0) is 42.6 Å². The van der Waals surface area contributed by atoms with Crippen molar-refractivity contribution in [2.75, 3.05) is 19.6 Å². The molecule has 0 aliphatic carbocycles. The van der Waals surface area contributed by atoms with Crippen LogP contribution in [-0.4, -0.2) is 25.5 Å². The zero-order valence-electron chi connectivity index (χ0n) is 12.9. The maximum absolute atomic E-state index is 12.3. The molecule has 4 nitrogen and oxygen atoms in total. The van der Waals surface area contributed by atoms with Crippen LogP contribution in [0.1, 0.15) is 21.7 Å². The average molecular weight is 328 g/mol. The van der Waals surface area contributed by atoms with Crippen LogP contribution in [0.4, 0.5) is 0 Å². The lowest BCUT2D eigenvalue weighted by molar-refractivity contribution is 0.0956. The highest BCUT2D eigenvalue weighted by molar-refractivity contribution is 7.09. The molecule has 3 rings (SSSR count). The van der Waals surface area contributed by atoms with Crippen molar-refractivity contribution < 1.29 is 9.53 Å². The van der Waals surface area contributed by atoms with Crippen LogP contribution in [-0.2, 0) is 6.61 Å². The third-order valence-electron chi connectivity index (χ3n) is 3.69. The minimum Gasteiger partial charge on any atom is -0.488 e. The Morgan fingerprint density at radius 3 is 3.04 bits per heavy atom. The highest BCUT2D eigenvalue weighted by Gasteiger charge is 2.09. The summed E-state index contributed by atoms with van der Waals surface area (Å²) in [5.41, 5.74) is 1.91. The van der Waals surface area contributed by atoms with Crippen LogP contribution >= 0.6 is 11.3 Å². The molecule has 2 aromatic rings. The number of benzene rings is 1. The van der Waals surface area contributed by atoms with Crippen molar-refractivity contribution in [1.29, 1.82) is 0 Å². The number of nitrogens with one attached hydrogen (secondary N) is 2. The van der Waals surface area contributed by atoms with Crippen LogP contribution in [0.3, 0.4) is 0 Å². The Bertz CT molecular complexity index is 680. The molecule has 1 aliphatic rings. The fourth-order valence-electron chi connectivity index (χ4n) is 2.40. The highest BCUT2D eigenvalue weighted by Crippen LogP contribution is 2.17. The van der Waals surface area contributed by atoms with Crippen molar-refractivity contribution in [1.82, 2.24) is 10.6 Å². The van der Waals surface area contributed by atoms with E-state index in [1.165, 1.54) is 5.57 Å². The lowest BCUT2D eigenvalue weighted by Gasteiger charge is -2.14. The van der Waals surface area contributed by atoms with Gasteiger partial charge in [0.2, 0.25) is 0 Å². The zero-order chi connectivity index (χ0) is 15.9. The summed E-state index contributed by atoms with van der Waals surface area (Å²) < 4.78 is 5.75. The normalized spacial score (nSPS) is 14.2. The van der Waals surface area contributed by atoms with Gasteiger partial charge in [-0.15, -0.1) is 11.3 Å². The zero-order valence-corrected chi connectivity index (χ0v) is 13.7. The van der Waals surface area contributed by atoms with E-state index in [0.29, 0.717) is 24.5 Å². The number of hydrogen-bond acceptors (Lipinski definition) is 4. The van der Waals surface area contributed by atoms with E-state index in [2.05, 4.69) is 16.7 Å². The third-order valence-corrected chi connectivity index (χ3v) is 4.54. The van der Waals surface area contributed by atoms with Gasteiger partial charge in [0.25, 0.3) is 5.91 Å². The molecule has 0 bridgehead atoms. The molecule has 1 aromatic carbocycles. The Hall–Kier alpha value is -2.11. The molecule has 120 valence electrons. The van der Waals surface area contributed by atoms with Gasteiger partial charge >= 0.3 is 0 Å². The minimum absolute atomic E-state index is 0.0639. The first-order valence-electron chi connectivity index (χ1n) is 7.73. The van der Waals surface area contributed by atoms with Crippen molar-refractivity contribution in [2.24, 2.45) is 0 Å². The van der Waals surface area contributed by atoms with Crippen molar-refractivity contribution in [2.45, 2.75) is 13.0 Å². The second kappa shape index (κ2) is 7.94. The largest absolute Gasteiger partial charge is 0.488 e. The van der Waals surface area contributed by atoms with E-state index in [0.717, 1.165) is 24.4 Å². The molecule has 0 spiro atoms. The Morgan fingerprint density at radius 2 is 2.26 bits per heavy atom. The molecule has 5 heteroatoms. The first-order valence-corrected chi connectivity index (χ1v) is 8.61. The molecular formula is C18H20N2O2S. The summed E-state index contributed by atoms with van der Waals surface area (Å²) in [7, 11) is 0. The van der Waals surface area contributed by atoms with E-state index >= 15 is 0 Å². The van der Waals surface area contributed by atoms with Gasteiger partial charge in [0, 0.05) is 23.5 Å². The van der Waals surface area contributed by atoms with Gasteiger partial charge in [0.15, 0.2) is 0 Å². The molecule has 1 amide bonds. The molecule has 1 aliphatic heterocycles. The third kappa shape index (κ3) is 4.68. The number of rotatable bonds is 6. The number of ether oxygens (including phenoxy) is 1. The van der Waals surface area contributed by atoms with Crippen LogP contribution < -0.4 is 15.4 Å². The van der Waals surface area contributed by atoms with E-state index in [9.17, 15) is 4.79 Å². The van der Waals surface area contributed by atoms with E-state index in [4.69, 9.17) is 4.74 Å². The molecule has 23 heavy (non-hydrogen) atoms. The summed E-state index contributed by atoms with van der Waals surface area (Å²) in [6.45, 7) is 3.01. The molecule has 0 radical (unpaired) electrons. The van der Waals surface area contributed by atoms with Crippen molar-refractivity contribution in [3.05, 3.63) is 63.9 Å². The van der Waals surface area contributed by atoms with E-state index in [1.807, 2.05) is 35.7 Å². The first kappa shape index (κ1) is 15.8. The van der Waals surface area contributed by atoms with Crippen LogP contribution in [0, 0.1) is 0 Å². The topological polar surface area (TPSA) is 50.4 Å². The Balaban J connectivity index is 1.55. The number of carbonyl (C=O) groups is 1. The molecule has 0 atom stereocenters. The Labute approximate surface area is 140 Å². The monoisotopic (exact) mass is 328 g/mol. The number of carbonyl (C=O) groups excluding carboxylic acids is 1. The fraction of sp³-hybridized carbons (Fsp3) is 0.278. The standard InChI is InChI=1S/C18H20N2O2S/c21-18(20-12-14-6-8-19-9-7-14)15-3-1-4-16(11-15)22-13-17-5-2-10-23-17/h1-6,10-11,19H,7-9,12-13H2,(H,20,21). The predicted octanol–water partition coefficient (Wildman–Crippen LogP) is 2.98. The first-order chi connectivity index (χ1) is 11.3. The second-order valence-electron chi connectivity index (χ2n) is 5.40. The van der Waals surface area contributed by atoms with Gasteiger partial charge in [-0.1, -0.05) is 23.8 Å². The summed E-state index contributed by atoms with van der Waals surface area (Å²) in [6.07, 6.45) is 3.13. The lowest BCUT2D eigenvalue weighted by Crippen LogP contribution is -2.29. The summed E-state index contributed by atoms with van der Waals surface area (Å²) in [4.78, 5) is 13.4. The molecule has 1 aromatic heterocycles. The number of hydrogen-bond donors (Lipinski definition) is 2. The summed E-state index contributed by atoms with van der Waals surface area (Å²) in [5.74, 6) is 0.651. The smallest absolute Gasteiger partial charge is 0.251 e. The molecule has 2 heterocycles. The molecule has 0 fully saturated rings. The maximum Gasteiger partial charge on any atom is 0.251 e. The Kier molecular flexibility index (Phi) is 5.45. The second-order valence-corrected chi connectivity index (χ2v) is 6.43. The van der Waals surface area contributed by atoms with Crippen LogP contribution in [0.25, 0.3) is 0 Å². The van der Waals surface area contributed by atoms with Crippen molar-refractivity contribution in [3.8, 4) is 5.75 Å². The van der Waals surface area contributed by atoms with Crippen molar-refractivity contribution >= 4 is 17.2 Å². The minimum atomic E-state index is -0.0639. The molecule has 0 unspecified atom stereocenters. The average Bonchev–Trinajstić information content (AvgIpc) is 3.12. The van der Waals surface area contributed by atoms with Crippen molar-refractivity contribution in [3.63, 3.8) is 0 Å².